The van der Waals surface area contributed by atoms with E-state index in [1.807, 2.05) is 50.2 Å². The molecule has 122 valence electrons. The Labute approximate surface area is 145 Å². The molecular weight excluding hydrogens is 356 g/mol. The minimum Gasteiger partial charge on any atom is -0.488 e. The first-order valence-corrected chi connectivity index (χ1v) is 8.18. The van der Waals surface area contributed by atoms with Crippen LogP contribution in [0, 0.1) is 0 Å². The maximum absolute atomic E-state index is 12.3. The molecule has 0 aliphatic rings. The number of para-hydroxylation sites is 1. The number of hydrogen-bond acceptors (Lipinski definition) is 3. The third-order valence-corrected chi connectivity index (χ3v) is 3.61. The van der Waals surface area contributed by atoms with Crippen molar-refractivity contribution in [3.63, 3.8) is 0 Å². The van der Waals surface area contributed by atoms with Crippen LogP contribution in [-0.4, -0.2) is 18.0 Å². The van der Waals surface area contributed by atoms with E-state index in [0.717, 1.165) is 10.0 Å². The number of carbonyl (C=O) groups is 1. The Hall–Kier alpha value is -1.85. The van der Waals surface area contributed by atoms with Crippen LogP contribution in [0.4, 0.5) is 0 Å². The van der Waals surface area contributed by atoms with E-state index in [2.05, 4.69) is 21.2 Å². The molecule has 0 aromatic heterocycles. The fourth-order valence-corrected chi connectivity index (χ4v) is 2.42. The summed E-state index contributed by atoms with van der Waals surface area (Å²) < 4.78 is 6.81. The lowest BCUT2D eigenvalue weighted by atomic mass is 10.1. The van der Waals surface area contributed by atoms with Crippen LogP contribution >= 0.6 is 15.9 Å². The van der Waals surface area contributed by atoms with Crippen LogP contribution in [0.25, 0.3) is 0 Å². The van der Waals surface area contributed by atoms with Gasteiger partial charge in [-0.15, -0.1) is 0 Å². The van der Waals surface area contributed by atoms with Gasteiger partial charge in [0, 0.05) is 16.6 Å². The molecule has 2 rings (SSSR count). The van der Waals surface area contributed by atoms with Gasteiger partial charge in [0.15, 0.2) is 0 Å². The Bertz CT molecular complexity index is 681. The molecule has 2 aromatic rings. The molecular formula is C18H21BrN2O2. The van der Waals surface area contributed by atoms with Crippen LogP contribution < -0.4 is 15.8 Å². The van der Waals surface area contributed by atoms with Crippen molar-refractivity contribution in [1.82, 2.24) is 5.32 Å². The fraction of sp³-hybridized carbons (Fsp3) is 0.278. The first kappa shape index (κ1) is 17.5. The molecule has 2 aromatic carbocycles. The molecule has 0 radical (unpaired) electrons. The van der Waals surface area contributed by atoms with Crippen molar-refractivity contribution >= 4 is 21.8 Å². The number of rotatable bonds is 6. The Morgan fingerprint density at radius 3 is 2.65 bits per heavy atom. The molecule has 5 heteroatoms. The zero-order valence-electron chi connectivity index (χ0n) is 13.3. The summed E-state index contributed by atoms with van der Waals surface area (Å²) in [5.74, 6) is 0.369. The van der Waals surface area contributed by atoms with E-state index >= 15 is 0 Å². The second kappa shape index (κ2) is 7.62. The van der Waals surface area contributed by atoms with Crippen LogP contribution in [0.15, 0.2) is 53.0 Å². The maximum Gasteiger partial charge on any atom is 0.255 e. The highest BCUT2D eigenvalue weighted by atomic mass is 79.9. The summed E-state index contributed by atoms with van der Waals surface area (Å²) in [6, 6.07) is 15.1. The number of carbonyl (C=O) groups excluding carboxylic acids is 1. The Balaban J connectivity index is 2.06. The molecule has 0 spiro atoms. The molecule has 0 fully saturated rings. The molecule has 0 saturated carbocycles. The van der Waals surface area contributed by atoms with Gasteiger partial charge in [-0.05, 0) is 43.7 Å². The van der Waals surface area contributed by atoms with Crippen molar-refractivity contribution in [2.45, 2.75) is 26.0 Å². The number of halogens is 1. The van der Waals surface area contributed by atoms with Crippen LogP contribution in [0.3, 0.4) is 0 Å². The number of benzene rings is 2. The van der Waals surface area contributed by atoms with E-state index in [-0.39, 0.29) is 5.91 Å². The van der Waals surface area contributed by atoms with Gasteiger partial charge in [0.2, 0.25) is 0 Å². The van der Waals surface area contributed by atoms with Gasteiger partial charge in [0.25, 0.3) is 5.91 Å². The van der Waals surface area contributed by atoms with Crippen LogP contribution in [0.1, 0.15) is 29.8 Å². The van der Waals surface area contributed by atoms with Gasteiger partial charge in [-0.3, -0.25) is 4.79 Å². The maximum atomic E-state index is 12.3. The van der Waals surface area contributed by atoms with Crippen LogP contribution in [0.2, 0.25) is 0 Å². The van der Waals surface area contributed by atoms with E-state index in [1.165, 1.54) is 0 Å². The first-order chi connectivity index (χ1) is 10.8. The van der Waals surface area contributed by atoms with E-state index in [1.54, 1.807) is 12.1 Å². The summed E-state index contributed by atoms with van der Waals surface area (Å²) in [6.45, 7) is 4.52. The van der Waals surface area contributed by atoms with Gasteiger partial charge in [-0.2, -0.15) is 0 Å². The van der Waals surface area contributed by atoms with Gasteiger partial charge >= 0.3 is 0 Å². The van der Waals surface area contributed by atoms with Gasteiger partial charge in [-0.25, -0.2) is 0 Å². The lowest BCUT2D eigenvalue weighted by Gasteiger charge is -2.19. The summed E-state index contributed by atoms with van der Waals surface area (Å²) in [7, 11) is 0. The zero-order valence-corrected chi connectivity index (χ0v) is 14.9. The van der Waals surface area contributed by atoms with E-state index < -0.39 is 5.54 Å². The standard InChI is InChI=1S/C18H21BrN2O2/c1-18(2,20)12-21-17(22)15-8-3-4-9-16(15)23-11-13-6-5-7-14(19)10-13/h3-10H,11-12,20H2,1-2H3,(H,21,22). The van der Waals surface area contributed by atoms with Gasteiger partial charge in [0.05, 0.1) is 5.56 Å². The molecule has 1 amide bonds. The van der Waals surface area contributed by atoms with E-state index in [4.69, 9.17) is 10.5 Å². The highest BCUT2D eigenvalue weighted by molar-refractivity contribution is 9.10. The Kier molecular flexibility index (Phi) is 5.80. The third kappa shape index (κ3) is 5.69. The molecule has 0 aliphatic carbocycles. The number of hydrogen-bond donors (Lipinski definition) is 2. The van der Waals surface area contributed by atoms with Gasteiger partial charge in [0.1, 0.15) is 12.4 Å². The average Bonchev–Trinajstić information content (AvgIpc) is 2.50. The lowest BCUT2D eigenvalue weighted by Crippen LogP contribution is -2.45. The molecule has 0 saturated heterocycles. The predicted molar refractivity (Wildman–Crippen MR) is 95.5 cm³/mol. The Morgan fingerprint density at radius 2 is 1.96 bits per heavy atom. The molecule has 23 heavy (non-hydrogen) atoms. The quantitative estimate of drug-likeness (QED) is 0.810. The minimum absolute atomic E-state index is 0.187. The smallest absolute Gasteiger partial charge is 0.255 e. The topological polar surface area (TPSA) is 64.3 Å². The molecule has 0 bridgehead atoms. The van der Waals surface area contributed by atoms with Crippen molar-refractivity contribution in [3.05, 3.63) is 64.1 Å². The van der Waals surface area contributed by atoms with Crippen LogP contribution in [-0.2, 0) is 6.61 Å². The lowest BCUT2D eigenvalue weighted by molar-refractivity contribution is 0.0941. The third-order valence-electron chi connectivity index (χ3n) is 3.12. The summed E-state index contributed by atoms with van der Waals surface area (Å²) >= 11 is 3.43. The molecule has 0 heterocycles. The van der Waals surface area contributed by atoms with Gasteiger partial charge < -0.3 is 15.8 Å². The van der Waals surface area contributed by atoms with E-state index in [0.29, 0.717) is 24.5 Å². The van der Waals surface area contributed by atoms with Crippen LogP contribution in [0.5, 0.6) is 5.75 Å². The minimum atomic E-state index is -0.457. The number of nitrogens with two attached hydrogens (primary N) is 1. The second-order valence-electron chi connectivity index (χ2n) is 6.09. The largest absolute Gasteiger partial charge is 0.488 e. The number of nitrogens with one attached hydrogen (secondary N) is 1. The second-order valence-corrected chi connectivity index (χ2v) is 7.00. The summed E-state index contributed by atoms with van der Waals surface area (Å²) in [5.41, 5.74) is 6.97. The predicted octanol–water partition coefficient (Wildman–Crippen LogP) is 3.50. The monoisotopic (exact) mass is 376 g/mol. The van der Waals surface area contributed by atoms with Crippen molar-refractivity contribution < 1.29 is 9.53 Å². The molecule has 4 nitrogen and oxygen atoms in total. The Morgan fingerprint density at radius 1 is 1.22 bits per heavy atom. The molecule has 3 N–H and O–H groups in total. The highest BCUT2D eigenvalue weighted by Gasteiger charge is 2.16. The highest BCUT2D eigenvalue weighted by Crippen LogP contribution is 2.20. The van der Waals surface area contributed by atoms with Gasteiger partial charge in [-0.1, -0.05) is 40.2 Å². The van der Waals surface area contributed by atoms with Crippen molar-refractivity contribution in [3.8, 4) is 5.75 Å². The zero-order chi connectivity index (χ0) is 16.9. The summed E-state index contributed by atoms with van der Waals surface area (Å²) in [5, 5.41) is 2.84. The number of ether oxygens (including phenoxy) is 1. The summed E-state index contributed by atoms with van der Waals surface area (Å²) in [6.07, 6.45) is 0. The first-order valence-electron chi connectivity index (χ1n) is 7.38. The van der Waals surface area contributed by atoms with Crippen molar-refractivity contribution in [2.24, 2.45) is 5.73 Å². The SMILES string of the molecule is CC(C)(N)CNC(=O)c1ccccc1OCc1cccc(Br)c1. The summed E-state index contributed by atoms with van der Waals surface area (Å²) in [4.78, 5) is 12.3. The normalized spacial score (nSPS) is 11.1. The van der Waals surface area contributed by atoms with Crippen molar-refractivity contribution in [1.29, 1.82) is 0 Å². The van der Waals surface area contributed by atoms with E-state index in [9.17, 15) is 4.79 Å². The average molecular weight is 377 g/mol. The fourth-order valence-electron chi connectivity index (χ4n) is 1.97. The molecule has 0 atom stereocenters. The molecule has 0 aliphatic heterocycles. The van der Waals surface area contributed by atoms with Crippen molar-refractivity contribution in [2.75, 3.05) is 6.54 Å². The molecule has 0 unspecified atom stereocenters. The number of amides is 1.